The largest absolute Gasteiger partial charge is 0.462 e. The highest BCUT2D eigenvalue weighted by molar-refractivity contribution is 5.70. The number of carbonyl (C=O) groups excluding carboxylic acids is 2. The van der Waals surface area contributed by atoms with Crippen LogP contribution in [0.3, 0.4) is 0 Å². The number of esters is 2. The Balaban J connectivity index is 4.37. The molecular weight excluding hydrogens is 885 g/mol. The molecule has 1 unspecified atom stereocenters. The lowest BCUT2D eigenvalue weighted by atomic mass is 10.1. The van der Waals surface area contributed by atoms with Crippen molar-refractivity contribution in [1.29, 1.82) is 0 Å². The van der Waals surface area contributed by atoms with Crippen LogP contribution in [0.25, 0.3) is 0 Å². The molecule has 0 aliphatic heterocycles. The second-order valence-electron chi connectivity index (χ2n) is 19.9. The van der Waals surface area contributed by atoms with Crippen LogP contribution >= 0.6 is 0 Å². The third-order valence-corrected chi connectivity index (χ3v) is 12.8. The molecule has 0 fully saturated rings. The van der Waals surface area contributed by atoms with Gasteiger partial charge in [-0.25, -0.2) is 0 Å². The fraction of sp³-hybridized carbons (Fsp3) is 0.701. The molecule has 0 saturated carbocycles. The highest BCUT2D eigenvalue weighted by Crippen LogP contribution is 2.15. The van der Waals surface area contributed by atoms with Gasteiger partial charge in [0.2, 0.25) is 0 Å². The van der Waals surface area contributed by atoms with Gasteiger partial charge in [-0.2, -0.15) is 0 Å². The van der Waals surface area contributed by atoms with Crippen molar-refractivity contribution in [2.75, 3.05) is 19.8 Å². The molecule has 0 spiro atoms. The van der Waals surface area contributed by atoms with Gasteiger partial charge in [0.15, 0.2) is 6.10 Å². The molecule has 5 nitrogen and oxygen atoms in total. The van der Waals surface area contributed by atoms with E-state index in [0.717, 1.165) is 89.9 Å². The van der Waals surface area contributed by atoms with E-state index >= 15 is 0 Å². The Morgan fingerprint density at radius 1 is 0.319 bits per heavy atom. The number of unbranched alkanes of at least 4 members (excludes halogenated alkanes) is 26. The summed E-state index contributed by atoms with van der Waals surface area (Å²) >= 11 is 0. The highest BCUT2D eigenvalue weighted by atomic mass is 16.6. The minimum Gasteiger partial charge on any atom is -0.462 e. The van der Waals surface area contributed by atoms with Gasteiger partial charge in [-0.15, -0.1) is 0 Å². The van der Waals surface area contributed by atoms with E-state index in [4.69, 9.17) is 14.2 Å². The Bertz CT molecular complexity index is 1410. The predicted molar refractivity (Wildman–Crippen MR) is 316 cm³/mol. The summed E-state index contributed by atoms with van der Waals surface area (Å²) in [5, 5.41) is 0. The Hall–Kier alpha value is -3.44. The maximum atomic E-state index is 12.9. The quantitative estimate of drug-likeness (QED) is 0.0345. The summed E-state index contributed by atoms with van der Waals surface area (Å²) in [4.78, 5) is 25.6. The lowest BCUT2D eigenvalue weighted by Gasteiger charge is -2.18. The van der Waals surface area contributed by atoms with E-state index in [-0.39, 0.29) is 25.2 Å². The Labute approximate surface area is 446 Å². The summed E-state index contributed by atoms with van der Waals surface area (Å²) < 4.78 is 17.5. The summed E-state index contributed by atoms with van der Waals surface area (Å²) in [7, 11) is 0. The zero-order valence-corrected chi connectivity index (χ0v) is 47.4. The third-order valence-electron chi connectivity index (χ3n) is 12.8. The second kappa shape index (κ2) is 61.9. The van der Waals surface area contributed by atoms with E-state index in [1.54, 1.807) is 0 Å². The van der Waals surface area contributed by atoms with Gasteiger partial charge in [-0.05, 0) is 122 Å². The molecule has 0 aliphatic rings. The first-order valence-corrected chi connectivity index (χ1v) is 30.4. The molecule has 0 bridgehead atoms. The summed E-state index contributed by atoms with van der Waals surface area (Å²) in [6.45, 7) is 7.61. The summed E-state index contributed by atoms with van der Waals surface area (Å²) in [6.07, 6.45) is 85.5. The van der Waals surface area contributed by atoms with Gasteiger partial charge in [0, 0.05) is 19.4 Å². The van der Waals surface area contributed by atoms with Crippen LogP contribution in [0, 0.1) is 0 Å². The van der Waals surface area contributed by atoms with E-state index in [1.807, 2.05) is 0 Å². The average Bonchev–Trinajstić information content (AvgIpc) is 3.38. The van der Waals surface area contributed by atoms with Crippen LogP contribution in [0.15, 0.2) is 109 Å². The van der Waals surface area contributed by atoms with Gasteiger partial charge in [-0.1, -0.05) is 252 Å². The Morgan fingerprint density at radius 2 is 0.639 bits per heavy atom. The fourth-order valence-electron chi connectivity index (χ4n) is 8.25. The molecule has 0 rings (SSSR count). The zero-order chi connectivity index (χ0) is 52.0. The monoisotopic (exact) mass is 999 g/mol. The number of ether oxygens (including phenoxy) is 3. The Kier molecular flexibility index (Phi) is 58.9. The lowest BCUT2D eigenvalue weighted by Crippen LogP contribution is -2.30. The van der Waals surface area contributed by atoms with Crippen molar-refractivity contribution in [1.82, 2.24) is 0 Å². The Morgan fingerprint density at radius 3 is 1.04 bits per heavy atom. The van der Waals surface area contributed by atoms with E-state index in [0.29, 0.717) is 19.4 Å². The molecular formula is C67H114O5. The number of allylic oxidation sites excluding steroid dienone is 18. The van der Waals surface area contributed by atoms with Crippen LogP contribution in [-0.2, 0) is 23.8 Å². The van der Waals surface area contributed by atoms with Gasteiger partial charge < -0.3 is 14.2 Å². The van der Waals surface area contributed by atoms with Gasteiger partial charge >= 0.3 is 11.9 Å². The van der Waals surface area contributed by atoms with E-state index in [1.165, 1.54) is 154 Å². The summed E-state index contributed by atoms with van der Waals surface area (Å²) in [5.41, 5.74) is 0. The fourth-order valence-corrected chi connectivity index (χ4v) is 8.25. The third kappa shape index (κ3) is 59.1. The van der Waals surface area contributed by atoms with Crippen molar-refractivity contribution in [2.24, 2.45) is 0 Å². The SMILES string of the molecule is CC/C=C\C/C=C\C/C=C\C/C=C\C/C=C\CCCC(=O)OC(COCCCCCCCCCCCC/C=C\C/C=C\CCCCC)COC(=O)CCCCCCCCCCC/C=C\C/C=C\CCCCC. The van der Waals surface area contributed by atoms with Crippen LogP contribution in [0.4, 0.5) is 0 Å². The van der Waals surface area contributed by atoms with Gasteiger partial charge in [-0.3, -0.25) is 9.59 Å². The molecule has 0 radical (unpaired) electrons. The second-order valence-corrected chi connectivity index (χ2v) is 19.9. The molecule has 0 N–H and O–H groups in total. The molecule has 1 atom stereocenters. The van der Waals surface area contributed by atoms with Crippen molar-refractivity contribution < 1.29 is 23.8 Å². The van der Waals surface area contributed by atoms with Crippen LogP contribution in [0.5, 0.6) is 0 Å². The first kappa shape index (κ1) is 68.6. The number of hydrogen-bond acceptors (Lipinski definition) is 5. The van der Waals surface area contributed by atoms with Crippen molar-refractivity contribution >= 4 is 11.9 Å². The number of carbonyl (C=O) groups is 2. The standard InChI is InChI=1S/C67H114O5/c1-4-7-10-13-16-19-22-25-28-31-33-35-38-41-44-47-50-53-56-59-62-70-63-65(72-67(69)61-58-55-52-49-46-43-40-36-30-27-24-21-18-15-12-9-6-3)64-71-66(68)60-57-54-51-48-45-42-39-37-34-32-29-26-23-20-17-14-11-8-5-2/h9,12,16-21,25-30,40,43,49,52,65H,4-8,10-11,13-15,22-24,31-39,41-42,44-48,50-51,53-64H2,1-3H3/b12-9-,19-16-,20-17-,21-18-,28-25-,29-26-,30-27-,43-40-,52-49-. The minimum absolute atomic E-state index is 0.0544. The van der Waals surface area contributed by atoms with Gasteiger partial charge in [0.05, 0.1) is 6.61 Å². The van der Waals surface area contributed by atoms with Crippen LogP contribution in [-0.4, -0.2) is 37.9 Å². The number of rotatable bonds is 55. The molecule has 0 aromatic rings. The van der Waals surface area contributed by atoms with Crippen molar-refractivity contribution in [3.05, 3.63) is 109 Å². The van der Waals surface area contributed by atoms with Crippen LogP contribution in [0.2, 0.25) is 0 Å². The van der Waals surface area contributed by atoms with E-state index < -0.39 is 6.10 Å². The highest BCUT2D eigenvalue weighted by Gasteiger charge is 2.17. The van der Waals surface area contributed by atoms with Crippen LogP contribution < -0.4 is 0 Å². The van der Waals surface area contributed by atoms with E-state index in [9.17, 15) is 9.59 Å². The average molecular weight is 1000 g/mol. The topological polar surface area (TPSA) is 61.8 Å². The van der Waals surface area contributed by atoms with E-state index in [2.05, 4.69) is 130 Å². The molecule has 412 valence electrons. The molecule has 0 aromatic carbocycles. The minimum atomic E-state index is -0.577. The predicted octanol–water partition coefficient (Wildman–Crippen LogP) is 21.1. The van der Waals surface area contributed by atoms with Crippen molar-refractivity contribution in [3.63, 3.8) is 0 Å². The van der Waals surface area contributed by atoms with Crippen LogP contribution in [0.1, 0.15) is 278 Å². The molecule has 0 aromatic heterocycles. The lowest BCUT2D eigenvalue weighted by molar-refractivity contribution is -0.162. The van der Waals surface area contributed by atoms with Crippen molar-refractivity contribution in [2.45, 2.75) is 284 Å². The first-order valence-electron chi connectivity index (χ1n) is 30.4. The van der Waals surface area contributed by atoms with Gasteiger partial charge in [0.25, 0.3) is 0 Å². The molecule has 0 saturated heterocycles. The first-order chi connectivity index (χ1) is 35.6. The smallest absolute Gasteiger partial charge is 0.306 e. The molecule has 0 heterocycles. The molecule has 5 heteroatoms. The molecule has 72 heavy (non-hydrogen) atoms. The molecule has 0 amide bonds. The van der Waals surface area contributed by atoms with Crippen molar-refractivity contribution in [3.8, 4) is 0 Å². The maximum Gasteiger partial charge on any atom is 0.306 e. The number of hydrogen-bond donors (Lipinski definition) is 0. The van der Waals surface area contributed by atoms with Gasteiger partial charge in [0.1, 0.15) is 6.61 Å². The summed E-state index contributed by atoms with van der Waals surface area (Å²) in [6, 6.07) is 0. The zero-order valence-electron chi connectivity index (χ0n) is 47.4. The normalized spacial score (nSPS) is 13.0. The summed E-state index contributed by atoms with van der Waals surface area (Å²) in [5.74, 6) is -0.468. The molecule has 0 aliphatic carbocycles. The maximum absolute atomic E-state index is 12.9.